The Morgan fingerprint density at radius 3 is 2.21 bits per heavy atom. The van der Waals surface area contributed by atoms with E-state index in [4.69, 9.17) is 5.11 Å². The van der Waals surface area contributed by atoms with Gasteiger partial charge in [0.2, 0.25) is 0 Å². The summed E-state index contributed by atoms with van der Waals surface area (Å²) in [6, 6.07) is 5.15. The average molecular weight is 265 g/mol. The number of benzene rings is 1. The third-order valence-corrected chi connectivity index (χ3v) is 2.39. The quantitative estimate of drug-likeness (QED) is 0.853. The number of aliphatic carboxylic acids is 1. The second-order valence-electron chi connectivity index (χ2n) is 2.71. The molecule has 1 N–H and O–H groups in total. The van der Waals surface area contributed by atoms with Crippen LogP contribution in [-0.4, -0.2) is 11.1 Å². The lowest BCUT2D eigenvalue weighted by atomic mass is 10.1. The average Bonchev–Trinajstić information content (AvgIpc) is 2.17. The highest BCUT2D eigenvalue weighted by Crippen LogP contribution is 2.28. The van der Waals surface area contributed by atoms with Gasteiger partial charge in [0, 0.05) is 10.9 Å². The fourth-order valence-corrected chi connectivity index (χ4v) is 1.30. The molecule has 0 atom stereocenters. The summed E-state index contributed by atoms with van der Waals surface area (Å²) in [4.78, 5) is 10.2. The van der Waals surface area contributed by atoms with Gasteiger partial charge in [0.05, 0.1) is 0 Å². The van der Waals surface area contributed by atoms with E-state index in [0.29, 0.717) is 5.33 Å². The molecule has 76 valence electrons. The Hall–Kier alpha value is -0.970. The van der Waals surface area contributed by atoms with Crippen LogP contribution in [0.15, 0.2) is 24.3 Å². The number of halogens is 3. The van der Waals surface area contributed by atoms with Crippen molar-refractivity contribution in [1.82, 2.24) is 0 Å². The maximum Gasteiger partial charge on any atom is 0.379 e. The minimum Gasteiger partial charge on any atom is -0.477 e. The molecule has 1 rings (SSSR count). The highest BCUT2D eigenvalue weighted by atomic mass is 79.9. The van der Waals surface area contributed by atoms with Crippen LogP contribution in [0.1, 0.15) is 11.1 Å². The molecule has 1 aromatic carbocycles. The van der Waals surface area contributed by atoms with Gasteiger partial charge in [-0.1, -0.05) is 40.2 Å². The molecular weight excluding hydrogens is 258 g/mol. The highest BCUT2D eigenvalue weighted by Gasteiger charge is 2.40. The van der Waals surface area contributed by atoms with E-state index in [0.717, 1.165) is 17.7 Å². The van der Waals surface area contributed by atoms with Crippen molar-refractivity contribution in [1.29, 1.82) is 0 Å². The van der Waals surface area contributed by atoms with Crippen LogP contribution < -0.4 is 0 Å². The summed E-state index contributed by atoms with van der Waals surface area (Å²) in [6.45, 7) is 0. The van der Waals surface area contributed by atoms with E-state index in [9.17, 15) is 13.6 Å². The zero-order valence-corrected chi connectivity index (χ0v) is 8.59. The molecule has 0 amide bonds. The zero-order chi connectivity index (χ0) is 10.8. The third kappa shape index (κ3) is 2.09. The first-order valence-corrected chi connectivity index (χ1v) is 4.87. The summed E-state index contributed by atoms with van der Waals surface area (Å²) in [5, 5.41) is 8.81. The highest BCUT2D eigenvalue weighted by molar-refractivity contribution is 9.08. The van der Waals surface area contributed by atoms with Crippen molar-refractivity contribution < 1.29 is 18.7 Å². The van der Waals surface area contributed by atoms with Gasteiger partial charge in [-0.2, -0.15) is 8.78 Å². The SMILES string of the molecule is O=C(O)C(F)(F)c1ccc(CBr)cc1. The molecule has 0 aliphatic rings. The second-order valence-corrected chi connectivity index (χ2v) is 3.27. The fourth-order valence-electron chi connectivity index (χ4n) is 0.927. The molecule has 0 fully saturated rings. The van der Waals surface area contributed by atoms with E-state index in [-0.39, 0.29) is 0 Å². The van der Waals surface area contributed by atoms with Gasteiger partial charge >= 0.3 is 11.9 Å². The zero-order valence-electron chi connectivity index (χ0n) is 7.01. The molecule has 0 bridgehead atoms. The third-order valence-electron chi connectivity index (χ3n) is 1.74. The number of rotatable bonds is 3. The molecule has 0 heterocycles. The molecule has 0 saturated heterocycles. The molecule has 0 aromatic heterocycles. The normalized spacial score (nSPS) is 11.4. The molecule has 0 unspecified atom stereocenters. The number of carboxylic acid groups (broad SMARTS) is 1. The van der Waals surface area contributed by atoms with Gasteiger partial charge in [-0.05, 0) is 5.56 Å². The van der Waals surface area contributed by atoms with Crippen molar-refractivity contribution in [2.24, 2.45) is 0 Å². The molecular formula is C9H7BrF2O2. The first-order chi connectivity index (χ1) is 6.48. The smallest absolute Gasteiger partial charge is 0.379 e. The van der Waals surface area contributed by atoms with Crippen LogP contribution in [0, 0.1) is 0 Å². The van der Waals surface area contributed by atoms with Crippen molar-refractivity contribution >= 4 is 21.9 Å². The van der Waals surface area contributed by atoms with Crippen molar-refractivity contribution in [2.45, 2.75) is 11.3 Å². The Kier molecular flexibility index (Phi) is 3.21. The fraction of sp³-hybridized carbons (Fsp3) is 0.222. The van der Waals surface area contributed by atoms with E-state index in [1.54, 1.807) is 0 Å². The standard InChI is InChI=1S/C9H7BrF2O2/c10-5-6-1-3-7(4-2-6)9(11,12)8(13)14/h1-4H,5H2,(H,13,14). The van der Waals surface area contributed by atoms with Crippen LogP contribution >= 0.6 is 15.9 Å². The van der Waals surface area contributed by atoms with Crippen LogP contribution in [0.5, 0.6) is 0 Å². The van der Waals surface area contributed by atoms with Crippen molar-refractivity contribution in [2.75, 3.05) is 0 Å². The minimum atomic E-state index is -3.81. The van der Waals surface area contributed by atoms with Crippen LogP contribution in [0.4, 0.5) is 8.78 Å². The van der Waals surface area contributed by atoms with E-state index in [1.165, 1.54) is 12.1 Å². The van der Waals surface area contributed by atoms with Crippen LogP contribution in [-0.2, 0) is 16.0 Å². The molecule has 0 spiro atoms. The van der Waals surface area contributed by atoms with E-state index >= 15 is 0 Å². The van der Waals surface area contributed by atoms with Gasteiger partial charge < -0.3 is 5.11 Å². The molecule has 14 heavy (non-hydrogen) atoms. The predicted octanol–water partition coefficient (Wildman–Crippen LogP) is 2.76. The van der Waals surface area contributed by atoms with Gasteiger partial charge in [-0.25, -0.2) is 4.79 Å². The monoisotopic (exact) mass is 264 g/mol. The molecule has 2 nitrogen and oxygen atoms in total. The Bertz CT molecular complexity index is 335. The van der Waals surface area contributed by atoms with Crippen LogP contribution in [0.3, 0.4) is 0 Å². The van der Waals surface area contributed by atoms with Crippen LogP contribution in [0.25, 0.3) is 0 Å². The minimum absolute atomic E-state index is 0.505. The Morgan fingerprint density at radius 1 is 1.36 bits per heavy atom. The molecule has 0 radical (unpaired) electrons. The summed E-state index contributed by atoms with van der Waals surface area (Å²) in [5.41, 5.74) is 0.310. The van der Waals surface area contributed by atoms with Gasteiger partial charge in [0.1, 0.15) is 0 Å². The Morgan fingerprint density at radius 2 is 1.86 bits per heavy atom. The number of carbonyl (C=O) groups is 1. The lowest BCUT2D eigenvalue weighted by Gasteiger charge is -2.11. The van der Waals surface area contributed by atoms with Crippen LogP contribution in [0.2, 0.25) is 0 Å². The summed E-state index contributed by atoms with van der Waals surface area (Å²) in [6.07, 6.45) is 0. The molecule has 1 aromatic rings. The molecule has 0 aliphatic carbocycles. The topological polar surface area (TPSA) is 37.3 Å². The maximum absolute atomic E-state index is 12.9. The predicted molar refractivity (Wildman–Crippen MR) is 50.6 cm³/mol. The number of alkyl halides is 3. The van der Waals surface area contributed by atoms with Crippen molar-refractivity contribution in [3.05, 3.63) is 35.4 Å². The summed E-state index contributed by atoms with van der Waals surface area (Å²) in [7, 11) is 0. The second kappa shape index (κ2) is 4.04. The summed E-state index contributed by atoms with van der Waals surface area (Å²) >= 11 is 3.16. The molecule has 0 aliphatic heterocycles. The lowest BCUT2D eigenvalue weighted by molar-refractivity contribution is -0.166. The van der Waals surface area contributed by atoms with Gasteiger partial charge in [-0.15, -0.1) is 0 Å². The molecule has 0 saturated carbocycles. The number of carboxylic acids is 1. The first kappa shape index (κ1) is 11.1. The summed E-state index contributed by atoms with van der Waals surface area (Å²) in [5.74, 6) is -5.95. The maximum atomic E-state index is 12.9. The number of hydrogen-bond acceptors (Lipinski definition) is 1. The van der Waals surface area contributed by atoms with Crippen molar-refractivity contribution in [3.63, 3.8) is 0 Å². The van der Waals surface area contributed by atoms with Gasteiger partial charge in [0.15, 0.2) is 0 Å². The first-order valence-electron chi connectivity index (χ1n) is 3.75. The molecule has 5 heteroatoms. The Labute approximate surface area is 87.7 Å². The number of hydrogen-bond donors (Lipinski definition) is 1. The Balaban J connectivity index is 3.02. The van der Waals surface area contributed by atoms with Crippen molar-refractivity contribution in [3.8, 4) is 0 Å². The van der Waals surface area contributed by atoms with E-state index in [1.807, 2.05) is 0 Å². The largest absolute Gasteiger partial charge is 0.477 e. The lowest BCUT2D eigenvalue weighted by Crippen LogP contribution is -2.25. The van der Waals surface area contributed by atoms with E-state index < -0.39 is 17.5 Å². The van der Waals surface area contributed by atoms with Gasteiger partial charge in [0.25, 0.3) is 0 Å². The van der Waals surface area contributed by atoms with E-state index in [2.05, 4.69) is 15.9 Å². The summed E-state index contributed by atoms with van der Waals surface area (Å²) < 4.78 is 25.8. The van der Waals surface area contributed by atoms with Gasteiger partial charge in [-0.3, -0.25) is 0 Å².